The Balaban J connectivity index is 1.63. The van der Waals surface area contributed by atoms with E-state index in [1.807, 2.05) is 35.2 Å². The molecule has 1 atom stereocenters. The second-order valence-electron chi connectivity index (χ2n) is 7.17. The summed E-state index contributed by atoms with van der Waals surface area (Å²) in [6.07, 6.45) is -4.35. The predicted molar refractivity (Wildman–Crippen MR) is 105 cm³/mol. The van der Waals surface area contributed by atoms with E-state index in [0.29, 0.717) is 32.7 Å². The lowest BCUT2D eigenvalue weighted by Gasteiger charge is -2.38. The average Bonchev–Trinajstić information content (AvgIpc) is 2.69. The fourth-order valence-electron chi connectivity index (χ4n) is 3.59. The first-order valence-corrected chi connectivity index (χ1v) is 9.52. The van der Waals surface area contributed by atoms with E-state index in [4.69, 9.17) is 5.73 Å². The van der Waals surface area contributed by atoms with E-state index in [2.05, 4.69) is 10.2 Å². The van der Waals surface area contributed by atoms with Crippen molar-refractivity contribution in [2.75, 3.05) is 26.2 Å². The molecule has 0 aromatic heterocycles. The molecule has 3 N–H and O–H groups in total. The molecule has 2 aromatic carbocycles. The highest BCUT2D eigenvalue weighted by Crippen LogP contribution is 2.29. The Morgan fingerprint density at radius 3 is 2.10 bits per heavy atom. The van der Waals surface area contributed by atoms with Gasteiger partial charge in [-0.25, -0.2) is 4.79 Å². The van der Waals surface area contributed by atoms with Gasteiger partial charge in [-0.2, -0.15) is 13.2 Å². The van der Waals surface area contributed by atoms with Gasteiger partial charge in [0.2, 0.25) is 5.91 Å². The number of benzene rings is 2. The lowest BCUT2D eigenvalue weighted by molar-refractivity contribution is -0.137. The van der Waals surface area contributed by atoms with Gasteiger partial charge in [0, 0.05) is 32.7 Å². The Kier molecular flexibility index (Phi) is 6.73. The van der Waals surface area contributed by atoms with Crippen LogP contribution < -0.4 is 11.1 Å². The summed E-state index contributed by atoms with van der Waals surface area (Å²) < 4.78 is 38.1. The molecule has 1 saturated heterocycles. The summed E-state index contributed by atoms with van der Waals surface area (Å²) in [5.74, 6) is -0.482. The number of carbonyl (C=O) groups excluding carboxylic acids is 2. The Morgan fingerprint density at radius 2 is 1.57 bits per heavy atom. The van der Waals surface area contributed by atoms with E-state index in [1.54, 1.807) is 0 Å². The largest absolute Gasteiger partial charge is 0.416 e. The van der Waals surface area contributed by atoms with Crippen molar-refractivity contribution in [1.29, 1.82) is 0 Å². The summed E-state index contributed by atoms with van der Waals surface area (Å²) in [6, 6.07) is 12.7. The van der Waals surface area contributed by atoms with E-state index in [9.17, 15) is 22.8 Å². The highest BCUT2D eigenvalue weighted by molar-refractivity contribution is 5.96. The van der Waals surface area contributed by atoms with Crippen LogP contribution in [-0.2, 0) is 17.5 Å². The molecule has 30 heavy (non-hydrogen) atoms. The van der Waals surface area contributed by atoms with Crippen molar-refractivity contribution in [2.45, 2.75) is 18.8 Å². The number of hydrogen-bond donors (Lipinski definition) is 2. The molecule has 1 fully saturated rings. The lowest BCUT2D eigenvalue weighted by Crippen LogP contribution is -2.51. The quantitative estimate of drug-likeness (QED) is 0.780. The number of alkyl halides is 3. The molecule has 1 heterocycles. The van der Waals surface area contributed by atoms with Crippen LogP contribution in [0.3, 0.4) is 0 Å². The Labute approximate surface area is 172 Å². The summed E-state index contributed by atoms with van der Waals surface area (Å²) in [5, 5.41) is 2.16. The molecular formula is C21H23F3N4O2. The topological polar surface area (TPSA) is 78.7 Å². The maximum atomic E-state index is 12.7. The molecule has 3 rings (SSSR count). The van der Waals surface area contributed by atoms with Crippen LogP contribution in [0.25, 0.3) is 0 Å². The summed E-state index contributed by atoms with van der Waals surface area (Å²) in [4.78, 5) is 27.8. The van der Waals surface area contributed by atoms with Gasteiger partial charge in [0.05, 0.1) is 5.56 Å². The van der Waals surface area contributed by atoms with Crippen molar-refractivity contribution >= 4 is 11.9 Å². The number of nitrogens with two attached hydrogens (primary N) is 1. The molecule has 3 amide bonds. The van der Waals surface area contributed by atoms with E-state index >= 15 is 0 Å². The number of nitrogens with one attached hydrogen (secondary N) is 1. The Bertz CT molecular complexity index is 864. The van der Waals surface area contributed by atoms with Crippen LogP contribution in [0.2, 0.25) is 0 Å². The average molecular weight is 420 g/mol. The van der Waals surface area contributed by atoms with Crippen molar-refractivity contribution in [2.24, 2.45) is 5.73 Å². The first-order chi connectivity index (χ1) is 14.2. The maximum Gasteiger partial charge on any atom is 0.416 e. The second-order valence-corrected chi connectivity index (χ2v) is 7.17. The van der Waals surface area contributed by atoms with Gasteiger partial charge in [-0.1, -0.05) is 42.5 Å². The van der Waals surface area contributed by atoms with Gasteiger partial charge in [-0.05, 0) is 23.3 Å². The van der Waals surface area contributed by atoms with Gasteiger partial charge >= 0.3 is 12.2 Å². The van der Waals surface area contributed by atoms with Crippen molar-refractivity contribution in [1.82, 2.24) is 15.1 Å². The molecule has 0 saturated carbocycles. The third kappa shape index (κ3) is 5.58. The number of hydrogen-bond acceptors (Lipinski definition) is 4. The monoisotopic (exact) mass is 420 g/mol. The normalized spacial score (nSPS) is 16.8. The standard InChI is InChI=1S/C21H23F3N4O2/c22-21(23,24)17-8-6-15(7-9-17)14-27-10-12-28(13-11-27)18(19(29)26-20(25)30)16-4-2-1-3-5-16/h1-9,18H,10-14H2,(H3,25,26,29,30). The van der Waals surface area contributed by atoms with Crippen LogP contribution in [0.5, 0.6) is 0 Å². The van der Waals surface area contributed by atoms with E-state index in [-0.39, 0.29) is 0 Å². The van der Waals surface area contributed by atoms with Gasteiger partial charge in [0.1, 0.15) is 6.04 Å². The highest BCUT2D eigenvalue weighted by atomic mass is 19.4. The maximum absolute atomic E-state index is 12.7. The molecule has 160 valence electrons. The van der Waals surface area contributed by atoms with Gasteiger partial charge < -0.3 is 5.73 Å². The minimum Gasteiger partial charge on any atom is -0.351 e. The van der Waals surface area contributed by atoms with Crippen molar-refractivity contribution in [3.05, 3.63) is 71.3 Å². The number of halogens is 3. The fraction of sp³-hybridized carbons (Fsp3) is 0.333. The molecule has 0 bridgehead atoms. The van der Waals surface area contributed by atoms with E-state index in [0.717, 1.165) is 23.3 Å². The smallest absolute Gasteiger partial charge is 0.351 e. The number of piperazine rings is 1. The fourth-order valence-corrected chi connectivity index (χ4v) is 3.59. The number of carbonyl (C=O) groups is 2. The number of primary amides is 1. The molecule has 0 radical (unpaired) electrons. The van der Waals surface area contributed by atoms with Crippen LogP contribution in [0.1, 0.15) is 22.7 Å². The van der Waals surface area contributed by atoms with Crippen molar-refractivity contribution in [3.8, 4) is 0 Å². The van der Waals surface area contributed by atoms with E-state index < -0.39 is 29.7 Å². The van der Waals surface area contributed by atoms with Crippen LogP contribution >= 0.6 is 0 Å². The Hall–Kier alpha value is -2.91. The molecule has 0 spiro atoms. The molecule has 1 aliphatic heterocycles. The highest BCUT2D eigenvalue weighted by Gasteiger charge is 2.32. The molecule has 0 aliphatic carbocycles. The zero-order valence-corrected chi connectivity index (χ0v) is 16.2. The number of imide groups is 1. The lowest BCUT2D eigenvalue weighted by atomic mass is 10.0. The van der Waals surface area contributed by atoms with Gasteiger partial charge in [-0.15, -0.1) is 0 Å². The van der Waals surface area contributed by atoms with E-state index in [1.165, 1.54) is 12.1 Å². The SMILES string of the molecule is NC(=O)NC(=O)C(c1ccccc1)N1CCN(Cc2ccc(C(F)(F)F)cc2)CC1. The zero-order valence-electron chi connectivity index (χ0n) is 16.2. The van der Waals surface area contributed by atoms with Gasteiger partial charge in [0.15, 0.2) is 0 Å². The molecule has 6 nitrogen and oxygen atoms in total. The number of urea groups is 1. The third-order valence-corrected chi connectivity index (χ3v) is 5.07. The number of rotatable bonds is 5. The van der Waals surface area contributed by atoms with Crippen LogP contribution in [0, 0.1) is 0 Å². The van der Waals surface area contributed by atoms with Crippen LogP contribution in [0.4, 0.5) is 18.0 Å². The zero-order chi connectivity index (χ0) is 21.7. The first-order valence-electron chi connectivity index (χ1n) is 9.52. The molecule has 1 unspecified atom stereocenters. The van der Waals surface area contributed by atoms with Crippen molar-refractivity contribution in [3.63, 3.8) is 0 Å². The summed E-state index contributed by atoms with van der Waals surface area (Å²) in [7, 11) is 0. The van der Waals surface area contributed by atoms with Crippen LogP contribution in [-0.4, -0.2) is 47.9 Å². The molecule has 1 aliphatic rings. The van der Waals surface area contributed by atoms with Crippen molar-refractivity contribution < 1.29 is 22.8 Å². The molecule has 2 aromatic rings. The minimum absolute atomic E-state index is 0.482. The predicted octanol–water partition coefficient (Wildman–Crippen LogP) is 2.76. The van der Waals surface area contributed by atoms with Gasteiger partial charge in [-0.3, -0.25) is 19.9 Å². The number of nitrogens with zero attached hydrogens (tertiary/aromatic N) is 2. The van der Waals surface area contributed by atoms with Crippen LogP contribution in [0.15, 0.2) is 54.6 Å². The summed E-state index contributed by atoms with van der Waals surface area (Å²) in [6.45, 7) is 2.91. The minimum atomic E-state index is -4.35. The first kappa shape index (κ1) is 21.8. The summed E-state index contributed by atoms with van der Waals surface area (Å²) >= 11 is 0. The second kappa shape index (κ2) is 9.27. The molecular weight excluding hydrogens is 397 g/mol. The summed E-state index contributed by atoms with van der Waals surface area (Å²) in [5.41, 5.74) is 6.00. The number of amides is 3. The third-order valence-electron chi connectivity index (χ3n) is 5.07. The Morgan fingerprint density at radius 1 is 0.967 bits per heavy atom. The van der Waals surface area contributed by atoms with Gasteiger partial charge in [0.25, 0.3) is 0 Å². The molecule has 9 heteroatoms.